The van der Waals surface area contributed by atoms with E-state index in [0.717, 1.165) is 47.3 Å². The van der Waals surface area contributed by atoms with Gasteiger partial charge in [-0.15, -0.1) is 23.1 Å². The summed E-state index contributed by atoms with van der Waals surface area (Å²) in [4.78, 5) is 34.2. The number of para-hydroxylation sites is 1. The number of carbonyl (C=O) groups excluding carboxylic acids is 2. The van der Waals surface area contributed by atoms with E-state index in [1.165, 1.54) is 11.3 Å². The molecule has 1 unspecified atom stereocenters. The predicted octanol–water partition coefficient (Wildman–Crippen LogP) is 3.73. The third kappa shape index (κ3) is 3.50. The van der Waals surface area contributed by atoms with Gasteiger partial charge in [-0.2, -0.15) is 0 Å². The second kappa shape index (κ2) is 7.40. The van der Waals surface area contributed by atoms with Crippen LogP contribution in [0.15, 0.2) is 34.5 Å². The molecule has 0 bridgehead atoms. The summed E-state index contributed by atoms with van der Waals surface area (Å²) in [6.07, 6.45) is 2.71. The van der Waals surface area contributed by atoms with Gasteiger partial charge in [0, 0.05) is 35.0 Å². The summed E-state index contributed by atoms with van der Waals surface area (Å²) < 4.78 is 0. The minimum atomic E-state index is 0.0664. The van der Waals surface area contributed by atoms with Crippen LogP contribution in [0.2, 0.25) is 0 Å². The first kappa shape index (κ1) is 17.5. The van der Waals surface area contributed by atoms with Crippen molar-refractivity contribution in [1.82, 2.24) is 4.98 Å². The highest BCUT2D eigenvalue weighted by Crippen LogP contribution is 2.37. The lowest BCUT2D eigenvalue weighted by molar-refractivity contribution is -0.118. The summed E-state index contributed by atoms with van der Waals surface area (Å²) in [7, 11) is 0. The second-order valence-electron chi connectivity index (χ2n) is 6.68. The average molecular weight is 388 g/mol. The molecule has 26 heavy (non-hydrogen) atoms. The van der Waals surface area contributed by atoms with Gasteiger partial charge in [-0.05, 0) is 25.0 Å². The molecule has 1 saturated heterocycles. The lowest BCUT2D eigenvalue weighted by Gasteiger charge is -2.22. The molecule has 3 heterocycles. The number of anilines is 2. The van der Waals surface area contributed by atoms with Crippen molar-refractivity contribution in [2.75, 3.05) is 22.9 Å². The summed E-state index contributed by atoms with van der Waals surface area (Å²) in [5.41, 5.74) is 1.74. The Morgan fingerprint density at radius 2 is 2.15 bits per heavy atom. The van der Waals surface area contributed by atoms with E-state index in [9.17, 15) is 9.59 Å². The maximum Gasteiger partial charge on any atom is 0.233 e. The van der Waals surface area contributed by atoms with Crippen LogP contribution in [0.3, 0.4) is 0 Å². The van der Waals surface area contributed by atoms with Crippen molar-refractivity contribution >= 4 is 45.7 Å². The van der Waals surface area contributed by atoms with Crippen LogP contribution in [0, 0.1) is 0 Å². The molecule has 2 aliphatic heterocycles. The number of nitrogens with zero attached hydrogens (tertiary/aromatic N) is 3. The zero-order valence-corrected chi connectivity index (χ0v) is 16.3. The standard InChI is InChI=1S/C19H21N3O2S2/c1-13-8-10-21(15-5-2-3-6-16(15)26-13)18(24)11-14-12-25-19(20-14)22-9-4-7-17(22)23/h2-3,5-6,12-13H,4,7-11H2,1H3. The minimum Gasteiger partial charge on any atom is -0.311 e. The molecule has 7 heteroatoms. The van der Waals surface area contributed by atoms with Crippen LogP contribution < -0.4 is 9.80 Å². The van der Waals surface area contributed by atoms with Gasteiger partial charge in [0.2, 0.25) is 11.8 Å². The van der Waals surface area contributed by atoms with Crippen LogP contribution in [-0.4, -0.2) is 35.1 Å². The molecule has 4 rings (SSSR count). The number of hydrogen-bond donors (Lipinski definition) is 0. The van der Waals surface area contributed by atoms with E-state index >= 15 is 0 Å². The maximum absolute atomic E-state index is 13.0. The van der Waals surface area contributed by atoms with Gasteiger partial charge in [-0.3, -0.25) is 14.5 Å². The molecule has 0 saturated carbocycles. The Balaban J connectivity index is 1.52. The molecule has 0 N–H and O–H groups in total. The van der Waals surface area contributed by atoms with Crippen molar-refractivity contribution in [2.45, 2.75) is 42.8 Å². The van der Waals surface area contributed by atoms with Gasteiger partial charge in [0.05, 0.1) is 17.8 Å². The SMILES string of the molecule is CC1CCN(C(=O)Cc2csc(N3CCCC3=O)n2)c2ccccc2S1. The monoisotopic (exact) mass is 387 g/mol. The van der Waals surface area contributed by atoms with Crippen LogP contribution in [0.1, 0.15) is 31.9 Å². The number of carbonyl (C=O) groups is 2. The molecule has 1 aromatic carbocycles. The van der Waals surface area contributed by atoms with Crippen LogP contribution >= 0.6 is 23.1 Å². The van der Waals surface area contributed by atoms with Crippen LogP contribution in [0.4, 0.5) is 10.8 Å². The van der Waals surface area contributed by atoms with Gasteiger partial charge in [0.15, 0.2) is 5.13 Å². The predicted molar refractivity (Wildman–Crippen MR) is 106 cm³/mol. The number of thiazole rings is 1. The van der Waals surface area contributed by atoms with Gasteiger partial charge in [0.25, 0.3) is 0 Å². The highest BCUT2D eigenvalue weighted by Gasteiger charge is 2.27. The Morgan fingerprint density at radius 1 is 1.31 bits per heavy atom. The summed E-state index contributed by atoms with van der Waals surface area (Å²) in [6.45, 7) is 3.66. The molecule has 136 valence electrons. The van der Waals surface area contributed by atoms with Crippen molar-refractivity contribution < 1.29 is 9.59 Å². The van der Waals surface area contributed by atoms with Gasteiger partial charge in [0.1, 0.15) is 0 Å². The Hall–Kier alpha value is -1.86. The van der Waals surface area contributed by atoms with E-state index in [0.29, 0.717) is 11.7 Å². The molecule has 0 aliphatic carbocycles. The summed E-state index contributed by atoms with van der Waals surface area (Å²) >= 11 is 3.28. The van der Waals surface area contributed by atoms with E-state index in [4.69, 9.17) is 0 Å². The van der Waals surface area contributed by atoms with E-state index < -0.39 is 0 Å². The second-order valence-corrected chi connectivity index (χ2v) is 8.99. The normalized spacial score (nSPS) is 20.2. The van der Waals surface area contributed by atoms with E-state index in [1.54, 1.807) is 4.90 Å². The molecule has 0 radical (unpaired) electrons. The molecule has 1 atom stereocenters. The number of benzene rings is 1. The molecular weight excluding hydrogens is 366 g/mol. The number of amides is 2. The fourth-order valence-electron chi connectivity index (χ4n) is 3.35. The smallest absolute Gasteiger partial charge is 0.233 e. The Bertz CT molecular complexity index is 836. The Kier molecular flexibility index (Phi) is 5.00. The van der Waals surface area contributed by atoms with Crippen LogP contribution in [-0.2, 0) is 16.0 Å². The van der Waals surface area contributed by atoms with Crippen molar-refractivity contribution in [1.29, 1.82) is 0 Å². The molecule has 1 fully saturated rings. The summed E-state index contributed by atoms with van der Waals surface area (Å²) in [5, 5.41) is 3.11. The quantitative estimate of drug-likeness (QED) is 0.805. The van der Waals surface area contributed by atoms with Gasteiger partial charge in [-0.1, -0.05) is 19.1 Å². The highest BCUT2D eigenvalue weighted by atomic mass is 32.2. The largest absolute Gasteiger partial charge is 0.311 e. The zero-order chi connectivity index (χ0) is 18.1. The molecule has 0 spiro atoms. The molecule has 2 aromatic rings. The Morgan fingerprint density at radius 3 is 2.96 bits per heavy atom. The van der Waals surface area contributed by atoms with Gasteiger partial charge < -0.3 is 4.90 Å². The summed E-state index contributed by atoms with van der Waals surface area (Å²) in [5.74, 6) is 0.196. The molecule has 5 nitrogen and oxygen atoms in total. The van der Waals surface area contributed by atoms with Gasteiger partial charge >= 0.3 is 0 Å². The zero-order valence-electron chi connectivity index (χ0n) is 14.7. The molecule has 1 aromatic heterocycles. The number of rotatable bonds is 3. The van der Waals surface area contributed by atoms with Crippen LogP contribution in [0.5, 0.6) is 0 Å². The molecule has 2 amide bonds. The van der Waals surface area contributed by atoms with Crippen molar-refractivity contribution in [2.24, 2.45) is 0 Å². The van der Waals surface area contributed by atoms with Gasteiger partial charge in [-0.25, -0.2) is 4.98 Å². The first-order valence-corrected chi connectivity index (χ1v) is 10.7. The third-order valence-electron chi connectivity index (χ3n) is 4.72. The van der Waals surface area contributed by atoms with Crippen molar-refractivity contribution in [3.05, 3.63) is 35.3 Å². The fraction of sp³-hybridized carbons (Fsp3) is 0.421. The fourth-order valence-corrected chi connectivity index (χ4v) is 5.33. The summed E-state index contributed by atoms with van der Waals surface area (Å²) in [6, 6.07) is 8.11. The third-order valence-corrected chi connectivity index (χ3v) is 6.87. The number of fused-ring (bicyclic) bond motifs is 1. The van der Waals surface area contributed by atoms with Crippen molar-refractivity contribution in [3.63, 3.8) is 0 Å². The first-order valence-electron chi connectivity index (χ1n) is 8.92. The maximum atomic E-state index is 13.0. The average Bonchev–Trinajstić information content (AvgIpc) is 3.20. The highest BCUT2D eigenvalue weighted by molar-refractivity contribution is 8.00. The van der Waals surface area contributed by atoms with Crippen LogP contribution in [0.25, 0.3) is 0 Å². The first-order chi connectivity index (χ1) is 12.6. The molecule has 2 aliphatic rings. The van der Waals surface area contributed by atoms with Crippen molar-refractivity contribution in [3.8, 4) is 0 Å². The Labute approximate surface area is 161 Å². The number of hydrogen-bond acceptors (Lipinski definition) is 5. The van der Waals surface area contributed by atoms with E-state index in [1.807, 2.05) is 40.2 Å². The number of aromatic nitrogens is 1. The topological polar surface area (TPSA) is 53.5 Å². The minimum absolute atomic E-state index is 0.0664. The van der Waals surface area contributed by atoms with E-state index in [-0.39, 0.29) is 18.2 Å². The lowest BCUT2D eigenvalue weighted by atomic mass is 10.2. The number of thioether (sulfide) groups is 1. The molecular formula is C19H21N3O2S2. The lowest BCUT2D eigenvalue weighted by Crippen LogP contribution is -2.33. The van der Waals surface area contributed by atoms with E-state index in [2.05, 4.69) is 18.0 Å².